The first-order valence-electron chi connectivity index (χ1n) is 8.42. The molecule has 1 aliphatic rings. The van der Waals surface area contributed by atoms with Gasteiger partial charge < -0.3 is 4.90 Å². The van der Waals surface area contributed by atoms with Crippen LogP contribution in [0.15, 0.2) is 59.7 Å². The number of quaternary nitrogens is 1. The molecule has 1 aliphatic heterocycles. The molecule has 0 spiro atoms. The van der Waals surface area contributed by atoms with Gasteiger partial charge in [-0.1, -0.05) is 59.7 Å². The fourth-order valence-electron chi connectivity index (χ4n) is 3.04. The Labute approximate surface area is 144 Å². The molecule has 0 aliphatic carbocycles. The minimum Gasteiger partial charge on any atom is -0.330 e. The van der Waals surface area contributed by atoms with Crippen LogP contribution in [0.2, 0.25) is 0 Å². The molecule has 3 rings (SSSR count). The Hall–Kier alpha value is -2.45. The third-order valence-electron chi connectivity index (χ3n) is 4.40. The van der Waals surface area contributed by atoms with Gasteiger partial charge in [0.05, 0.1) is 18.2 Å². The van der Waals surface area contributed by atoms with E-state index in [0.717, 1.165) is 35.4 Å². The number of carbonyl (C=O) groups excluding carboxylic acids is 1. The Kier molecular flexibility index (Phi) is 4.77. The lowest BCUT2D eigenvalue weighted by atomic mass is 9.94. The summed E-state index contributed by atoms with van der Waals surface area (Å²) in [6.45, 7) is 5.70. The molecule has 1 unspecified atom stereocenters. The molecule has 2 nitrogen and oxygen atoms in total. The summed E-state index contributed by atoms with van der Waals surface area (Å²) in [5, 5.41) is 0. The smallest absolute Gasteiger partial charge is 0.196 e. The van der Waals surface area contributed by atoms with E-state index in [1.807, 2.05) is 12.2 Å². The average molecular weight is 318 g/mol. The average Bonchev–Trinajstić information content (AvgIpc) is 2.56. The number of benzene rings is 2. The van der Waals surface area contributed by atoms with Crippen molar-refractivity contribution in [1.82, 2.24) is 0 Å². The van der Waals surface area contributed by atoms with Crippen molar-refractivity contribution in [1.29, 1.82) is 0 Å². The van der Waals surface area contributed by atoms with Crippen molar-refractivity contribution in [2.24, 2.45) is 0 Å². The number of carbonyl (C=O) groups is 1. The highest BCUT2D eigenvalue weighted by atomic mass is 16.1. The summed E-state index contributed by atoms with van der Waals surface area (Å²) in [6.07, 6.45) is 4.07. The quantitative estimate of drug-likeness (QED) is 0.845. The number of Topliss-reactive ketones (excluding diaryl/α,β-unsaturated/α-hetero) is 1. The van der Waals surface area contributed by atoms with Gasteiger partial charge in [0.2, 0.25) is 0 Å². The van der Waals surface area contributed by atoms with Gasteiger partial charge in [-0.2, -0.15) is 0 Å². The summed E-state index contributed by atoms with van der Waals surface area (Å²) in [5.74, 6) is 0.182. The van der Waals surface area contributed by atoms with Gasteiger partial charge in [0, 0.05) is 0 Å². The van der Waals surface area contributed by atoms with Gasteiger partial charge in [-0.05, 0) is 37.1 Å². The van der Waals surface area contributed by atoms with Crippen molar-refractivity contribution in [2.45, 2.75) is 13.8 Å². The second kappa shape index (κ2) is 6.98. The van der Waals surface area contributed by atoms with Crippen molar-refractivity contribution >= 4 is 17.9 Å². The van der Waals surface area contributed by atoms with E-state index in [0.29, 0.717) is 0 Å². The van der Waals surface area contributed by atoms with Gasteiger partial charge >= 0.3 is 0 Å². The molecular weight excluding hydrogens is 294 g/mol. The molecule has 0 amide bonds. The maximum absolute atomic E-state index is 12.9. The van der Waals surface area contributed by atoms with E-state index in [1.54, 1.807) is 0 Å². The number of likely N-dealkylation sites (N-methyl/N-ethyl adjacent to an activating group) is 1. The Balaban J connectivity index is 1.90. The van der Waals surface area contributed by atoms with Gasteiger partial charge in [-0.25, -0.2) is 0 Å². The van der Waals surface area contributed by atoms with E-state index in [1.165, 1.54) is 16.0 Å². The fraction of sp³-hybridized carbons (Fsp3) is 0.227. The van der Waals surface area contributed by atoms with E-state index in [4.69, 9.17) is 0 Å². The highest BCUT2D eigenvalue weighted by Gasteiger charge is 2.26. The molecule has 24 heavy (non-hydrogen) atoms. The molecule has 0 aromatic heterocycles. The monoisotopic (exact) mass is 318 g/mol. The van der Waals surface area contributed by atoms with Crippen molar-refractivity contribution in [2.75, 3.05) is 20.1 Å². The highest BCUT2D eigenvalue weighted by Crippen LogP contribution is 2.16. The van der Waals surface area contributed by atoms with Crippen LogP contribution >= 0.6 is 0 Å². The minimum absolute atomic E-state index is 0.182. The third kappa shape index (κ3) is 3.90. The first-order chi connectivity index (χ1) is 11.5. The summed E-state index contributed by atoms with van der Waals surface area (Å²) in [4.78, 5) is 14.2. The summed E-state index contributed by atoms with van der Waals surface area (Å²) >= 11 is 0. The summed E-state index contributed by atoms with van der Waals surface area (Å²) in [5.41, 5.74) is 6.42. The normalized spacial score (nSPS) is 21.5. The van der Waals surface area contributed by atoms with Crippen LogP contribution in [0, 0.1) is 13.8 Å². The minimum atomic E-state index is 0.182. The first kappa shape index (κ1) is 16.4. The van der Waals surface area contributed by atoms with Crippen molar-refractivity contribution in [3.8, 4) is 0 Å². The van der Waals surface area contributed by atoms with Crippen molar-refractivity contribution in [3.63, 3.8) is 0 Å². The van der Waals surface area contributed by atoms with Crippen molar-refractivity contribution < 1.29 is 9.69 Å². The zero-order valence-electron chi connectivity index (χ0n) is 14.6. The van der Waals surface area contributed by atoms with Gasteiger partial charge in [0.1, 0.15) is 13.1 Å². The Morgan fingerprint density at radius 2 is 1.12 bits per heavy atom. The molecule has 0 radical (unpaired) electrons. The number of hydrogen-bond acceptors (Lipinski definition) is 1. The fourth-order valence-corrected chi connectivity index (χ4v) is 3.04. The zero-order chi connectivity index (χ0) is 17.1. The first-order valence-corrected chi connectivity index (χ1v) is 8.42. The number of nitrogens with one attached hydrogen (secondary N) is 1. The van der Waals surface area contributed by atoms with Crippen LogP contribution in [-0.4, -0.2) is 25.9 Å². The maximum atomic E-state index is 12.9. The summed E-state index contributed by atoms with van der Waals surface area (Å²) < 4.78 is 0. The lowest BCUT2D eigenvalue weighted by Crippen LogP contribution is -3.10. The highest BCUT2D eigenvalue weighted by molar-refractivity contribution is 6.14. The van der Waals surface area contributed by atoms with Crippen LogP contribution in [0.5, 0.6) is 0 Å². The van der Waals surface area contributed by atoms with Gasteiger partial charge in [-0.15, -0.1) is 0 Å². The van der Waals surface area contributed by atoms with E-state index < -0.39 is 0 Å². The maximum Gasteiger partial charge on any atom is 0.196 e. The predicted octanol–water partition coefficient (Wildman–Crippen LogP) is 2.87. The van der Waals surface area contributed by atoms with Gasteiger partial charge in [0.15, 0.2) is 5.78 Å². The molecule has 1 saturated heterocycles. The largest absolute Gasteiger partial charge is 0.330 e. The van der Waals surface area contributed by atoms with E-state index in [9.17, 15) is 4.79 Å². The number of likely N-dealkylation sites (tertiary alicyclic amines) is 1. The number of ketones is 1. The SMILES string of the molecule is Cc1ccc(/C=C2/C[NH+](C)C/C(=C\c3ccc(C)cc3)C2=O)cc1. The van der Waals surface area contributed by atoms with Gasteiger partial charge in [-0.3, -0.25) is 4.79 Å². The Bertz CT molecular complexity index is 727. The second-order valence-corrected chi connectivity index (χ2v) is 6.80. The van der Waals surface area contributed by atoms with Crippen LogP contribution < -0.4 is 4.90 Å². The number of aryl methyl sites for hydroxylation is 2. The Morgan fingerprint density at radius 3 is 1.50 bits per heavy atom. The van der Waals surface area contributed by atoms with Crippen LogP contribution in [0.1, 0.15) is 22.3 Å². The number of rotatable bonds is 2. The van der Waals surface area contributed by atoms with Crippen LogP contribution in [0.3, 0.4) is 0 Å². The topological polar surface area (TPSA) is 21.5 Å². The molecule has 1 fully saturated rings. The van der Waals surface area contributed by atoms with E-state index >= 15 is 0 Å². The number of piperidine rings is 1. The third-order valence-corrected chi connectivity index (χ3v) is 4.40. The molecule has 0 saturated carbocycles. The van der Waals surface area contributed by atoms with E-state index in [-0.39, 0.29) is 5.78 Å². The lowest BCUT2D eigenvalue weighted by molar-refractivity contribution is -0.870. The molecule has 2 heteroatoms. The molecular formula is C22H24NO+. The zero-order valence-corrected chi connectivity index (χ0v) is 14.6. The lowest BCUT2D eigenvalue weighted by Gasteiger charge is -2.23. The molecule has 2 aromatic rings. The van der Waals surface area contributed by atoms with Crippen LogP contribution in [0.25, 0.3) is 12.2 Å². The van der Waals surface area contributed by atoms with Crippen LogP contribution in [-0.2, 0) is 4.79 Å². The summed E-state index contributed by atoms with van der Waals surface area (Å²) in [7, 11) is 2.14. The number of hydrogen-bond donors (Lipinski definition) is 1. The molecule has 122 valence electrons. The molecule has 0 bridgehead atoms. The molecule has 1 atom stereocenters. The standard InChI is InChI=1S/C22H23NO/c1-16-4-8-18(9-5-16)12-20-14-23(3)15-21(22(20)24)13-19-10-6-17(2)7-11-19/h4-13H,14-15H2,1-3H3/p+1/b20-12-,21-13+. The molecule has 1 N–H and O–H groups in total. The molecule has 1 heterocycles. The van der Waals surface area contributed by atoms with Crippen molar-refractivity contribution in [3.05, 3.63) is 81.9 Å². The Morgan fingerprint density at radius 1 is 0.750 bits per heavy atom. The second-order valence-electron chi connectivity index (χ2n) is 6.80. The van der Waals surface area contributed by atoms with Crippen LogP contribution in [0.4, 0.5) is 0 Å². The molecule has 2 aromatic carbocycles. The predicted molar refractivity (Wildman–Crippen MR) is 99.9 cm³/mol. The van der Waals surface area contributed by atoms with E-state index in [2.05, 4.69) is 69.4 Å². The van der Waals surface area contributed by atoms with Gasteiger partial charge in [0.25, 0.3) is 0 Å². The summed E-state index contributed by atoms with van der Waals surface area (Å²) in [6, 6.07) is 16.6.